The molecule has 0 aromatic rings. The molecular weight excluding hydrogens is 164 g/mol. The Morgan fingerprint density at radius 1 is 1.09 bits per heavy atom. The molecule has 2 fully saturated rings. The van der Waals surface area contributed by atoms with E-state index in [1.807, 2.05) is 0 Å². The molecule has 1 aliphatic heterocycles. The molecule has 4 heteroatoms. The standard InChI is InChI=1S/C7H12O3S/c8-11(9,6-1-2-6)7-3-4-10-5-7/h6-7H,1-5H2. The Kier molecular flexibility index (Phi) is 1.68. The number of sulfone groups is 1. The molecule has 1 saturated carbocycles. The van der Waals surface area contributed by atoms with Gasteiger partial charge in [-0.25, -0.2) is 8.42 Å². The van der Waals surface area contributed by atoms with E-state index in [9.17, 15) is 8.42 Å². The van der Waals surface area contributed by atoms with E-state index in [1.54, 1.807) is 0 Å². The van der Waals surface area contributed by atoms with Crippen molar-refractivity contribution in [3.05, 3.63) is 0 Å². The van der Waals surface area contributed by atoms with Gasteiger partial charge in [-0.3, -0.25) is 0 Å². The van der Waals surface area contributed by atoms with Gasteiger partial charge < -0.3 is 4.74 Å². The third-order valence-corrected chi connectivity index (χ3v) is 5.04. The van der Waals surface area contributed by atoms with Crippen molar-refractivity contribution in [3.63, 3.8) is 0 Å². The Morgan fingerprint density at radius 3 is 2.27 bits per heavy atom. The van der Waals surface area contributed by atoms with Gasteiger partial charge in [0.05, 0.1) is 17.1 Å². The van der Waals surface area contributed by atoms with Crippen LogP contribution < -0.4 is 0 Å². The molecule has 1 atom stereocenters. The molecule has 0 spiro atoms. The molecule has 2 rings (SSSR count). The maximum absolute atomic E-state index is 11.5. The molecule has 0 aromatic carbocycles. The van der Waals surface area contributed by atoms with Gasteiger partial charge >= 0.3 is 0 Å². The lowest BCUT2D eigenvalue weighted by Crippen LogP contribution is -2.24. The molecule has 0 aromatic heterocycles. The van der Waals surface area contributed by atoms with Gasteiger partial charge in [0.2, 0.25) is 0 Å². The van der Waals surface area contributed by atoms with Crippen LogP contribution in [0.4, 0.5) is 0 Å². The third kappa shape index (κ3) is 1.29. The van der Waals surface area contributed by atoms with Crippen molar-refractivity contribution in [2.45, 2.75) is 29.8 Å². The second-order valence-electron chi connectivity index (χ2n) is 3.27. The zero-order valence-electron chi connectivity index (χ0n) is 6.32. The maximum atomic E-state index is 11.5. The van der Waals surface area contributed by atoms with Crippen LogP contribution in [0.2, 0.25) is 0 Å². The van der Waals surface area contributed by atoms with E-state index in [-0.39, 0.29) is 10.5 Å². The lowest BCUT2D eigenvalue weighted by Gasteiger charge is -2.06. The molecule has 1 aliphatic carbocycles. The minimum Gasteiger partial charge on any atom is -0.380 e. The van der Waals surface area contributed by atoms with Gasteiger partial charge in [-0.15, -0.1) is 0 Å². The Morgan fingerprint density at radius 2 is 1.82 bits per heavy atom. The van der Waals surface area contributed by atoms with Gasteiger partial charge in [0.15, 0.2) is 9.84 Å². The molecule has 64 valence electrons. The Hall–Kier alpha value is -0.0900. The van der Waals surface area contributed by atoms with E-state index in [0.29, 0.717) is 19.6 Å². The monoisotopic (exact) mass is 176 g/mol. The predicted molar refractivity (Wildman–Crippen MR) is 41.2 cm³/mol. The molecule has 2 aliphatic rings. The zero-order valence-corrected chi connectivity index (χ0v) is 7.14. The number of ether oxygens (including phenoxy) is 1. The summed E-state index contributed by atoms with van der Waals surface area (Å²) in [5.74, 6) is 0. The SMILES string of the molecule is O=S(=O)(C1CC1)C1CCOC1. The summed E-state index contributed by atoms with van der Waals surface area (Å²) in [6.07, 6.45) is 2.45. The second kappa shape index (κ2) is 2.45. The fraction of sp³-hybridized carbons (Fsp3) is 1.00. The number of rotatable bonds is 2. The van der Waals surface area contributed by atoms with Gasteiger partial charge in [0, 0.05) is 6.61 Å². The van der Waals surface area contributed by atoms with E-state index >= 15 is 0 Å². The van der Waals surface area contributed by atoms with Gasteiger partial charge in [0.25, 0.3) is 0 Å². The van der Waals surface area contributed by atoms with Crippen molar-refractivity contribution in [1.82, 2.24) is 0 Å². The molecular formula is C7H12O3S. The van der Waals surface area contributed by atoms with Crippen LogP contribution >= 0.6 is 0 Å². The average Bonchev–Trinajstić information content (AvgIpc) is 2.66. The Bertz CT molecular complexity index is 234. The summed E-state index contributed by atoms with van der Waals surface area (Å²) in [6, 6.07) is 0. The van der Waals surface area contributed by atoms with Crippen molar-refractivity contribution >= 4 is 9.84 Å². The number of hydrogen-bond donors (Lipinski definition) is 0. The Labute approximate surface area is 66.7 Å². The summed E-state index contributed by atoms with van der Waals surface area (Å²) in [6.45, 7) is 1.05. The van der Waals surface area contributed by atoms with Gasteiger partial charge in [-0.2, -0.15) is 0 Å². The van der Waals surface area contributed by atoms with Gasteiger partial charge in [-0.05, 0) is 19.3 Å². The van der Waals surface area contributed by atoms with Crippen molar-refractivity contribution in [1.29, 1.82) is 0 Å². The van der Waals surface area contributed by atoms with Crippen LogP contribution in [0.15, 0.2) is 0 Å². The Balaban J connectivity index is 2.12. The van der Waals surface area contributed by atoms with Crippen molar-refractivity contribution in [3.8, 4) is 0 Å². The highest BCUT2D eigenvalue weighted by molar-refractivity contribution is 7.92. The first-order valence-corrected chi connectivity index (χ1v) is 5.62. The highest BCUT2D eigenvalue weighted by Gasteiger charge is 2.42. The molecule has 11 heavy (non-hydrogen) atoms. The van der Waals surface area contributed by atoms with Crippen LogP contribution in [0.3, 0.4) is 0 Å². The van der Waals surface area contributed by atoms with Gasteiger partial charge in [-0.1, -0.05) is 0 Å². The summed E-state index contributed by atoms with van der Waals surface area (Å²) in [7, 11) is -2.79. The van der Waals surface area contributed by atoms with Crippen molar-refractivity contribution in [2.24, 2.45) is 0 Å². The first kappa shape index (κ1) is 7.55. The number of hydrogen-bond acceptors (Lipinski definition) is 3. The highest BCUT2D eigenvalue weighted by Crippen LogP contribution is 2.33. The smallest absolute Gasteiger partial charge is 0.158 e. The summed E-state index contributed by atoms with van der Waals surface area (Å²) in [5, 5.41) is -0.204. The minimum atomic E-state index is -2.79. The lowest BCUT2D eigenvalue weighted by molar-refractivity contribution is 0.198. The highest BCUT2D eigenvalue weighted by atomic mass is 32.2. The van der Waals surface area contributed by atoms with Crippen LogP contribution in [-0.2, 0) is 14.6 Å². The molecule has 0 amide bonds. The molecule has 1 heterocycles. The molecule has 0 radical (unpaired) electrons. The molecule has 1 saturated heterocycles. The van der Waals surface area contributed by atoms with Crippen LogP contribution in [0.25, 0.3) is 0 Å². The van der Waals surface area contributed by atoms with Gasteiger partial charge in [0.1, 0.15) is 0 Å². The van der Waals surface area contributed by atoms with E-state index < -0.39 is 9.84 Å². The molecule has 0 bridgehead atoms. The molecule has 1 unspecified atom stereocenters. The summed E-state index contributed by atoms with van der Waals surface area (Å²) >= 11 is 0. The molecule has 3 nitrogen and oxygen atoms in total. The van der Waals surface area contributed by atoms with Crippen LogP contribution in [0.1, 0.15) is 19.3 Å². The zero-order chi connectivity index (χ0) is 7.90. The summed E-state index contributed by atoms with van der Waals surface area (Å²) in [4.78, 5) is 0. The van der Waals surface area contributed by atoms with E-state index in [4.69, 9.17) is 4.74 Å². The first-order chi connectivity index (χ1) is 5.21. The second-order valence-corrected chi connectivity index (χ2v) is 5.79. The summed E-state index contributed by atoms with van der Waals surface area (Å²) in [5.41, 5.74) is 0. The first-order valence-electron chi connectivity index (χ1n) is 4.02. The normalized spacial score (nSPS) is 32.5. The largest absolute Gasteiger partial charge is 0.380 e. The fourth-order valence-electron chi connectivity index (χ4n) is 1.44. The van der Waals surface area contributed by atoms with E-state index in [0.717, 1.165) is 12.8 Å². The summed E-state index contributed by atoms with van der Waals surface area (Å²) < 4.78 is 28.1. The average molecular weight is 176 g/mol. The van der Waals surface area contributed by atoms with Crippen LogP contribution in [-0.4, -0.2) is 32.1 Å². The van der Waals surface area contributed by atoms with Crippen molar-refractivity contribution in [2.75, 3.05) is 13.2 Å². The van der Waals surface area contributed by atoms with Crippen molar-refractivity contribution < 1.29 is 13.2 Å². The van der Waals surface area contributed by atoms with Crippen LogP contribution in [0.5, 0.6) is 0 Å². The van der Waals surface area contributed by atoms with E-state index in [1.165, 1.54) is 0 Å². The quantitative estimate of drug-likeness (QED) is 0.610. The fourth-order valence-corrected chi connectivity index (χ4v) is 3.49. The van der Waals surface area contributed by atoms with E-state index in [2.05, 4.69) is 0 Å². The lowest BCUT2D eigenvalue weighted by atomic mass is 10.4. The van der Waals surface area contributed by atoms with Crippen LogP contribution in [0, 0.1) is 0 Å². The predicted octanol–water partition coefficient (Wildman–Crippen LogP) is 0.353. The topological polar surface area (TPSA) is 43.4 Å². The molecule has 0 N–H and O–H groups in total. The maximum Gasteiger partial charge on any atom is 0.158 e. The minimum absolute atomic E-state index is 0.0193. The third-order valence-electron chi connectivity index (χ3n) is 2.34.